The third kappa shape index (κ3) is 5.32. The highest BCUT2D eigenvalue weighted by atomic mass is 32.2. The maximum Gasteiger partial charge on any atom is 0.238 e. The van der Waals surface area contributed by atoms with Gasteiger partial charge in [0, 0.05) is 17.8 Å². The molecule has 1 heterocycles. The fourth-order valence-corrected chi connectivity index (χ4v) is 5.76. The summed E-state index contributed by atoms with van der Waals surface area (Å²) in [6.45, 7) is 4.34. The quantitative estimate of drug-likeness (QED) is 0.539. The molecule has 31 heavy (non-hydrogen) atoms. The second-order valence-corrected chi connectivity index (χ2v) is 10.1. The third-order valence-corrected chi connectivity index (χ3v) is 7.63. The van der Waals surface area contributed by atoms with Gasteiger partial charge in [0.05, 0.1) is 5.75 Å². The predicted molar refractivity (Wildman–Crippen MR) is 129 cm³/mol. The Labute approximate surface area is 189 Å². The molecule has 1 aliphatic carbocycles. The van der Waals surface area contributed by atoms with E-state index in [0.29, 0.717) is 24.0 Å². The van der Waals surface area contributed by atoms with Crippen molar-refractivity contribution >= 4 is 35.0 Å². The first kappa shape index (κ1) is 21.9. The molecule has 164 valence electrons. The molecule has 0 unspecified atom stereocenters. The standard InChI is InChI=1S/C26H32N2O2S/c1-18(2)20-11-13-23(14-12-20)28-25(30)17-31-26(28)21-8-5-9-22(16-21)27-24(29)15-10-19-6-3-4-7-19/h5,8-9,11-14,16,18-19,26H,3-4,6-7,10,15,17H2,1-2H3,(H,27,29)/t26-/m1/s1. The van der Waals surface area contributed by atoms with Crippen molar-refractivity contribution in [3.63, 3.8) is 0 Å². The molecule has 5 heteroatoms. The summed E-state index contributed by atoms with van der Waals surface area (Å²) >= 11 is 1.64. The normalized spacial score (nSPS) is 19.4. The first-order chi connectivity index (χ1) is 15.0. The van der Waals surface area contributed by atoms with Crippen LogP contribution in [0.2, 0.25) is 0 Å². The highest BCUT2D eigenvalue weighted by Gasteiger charge is 2.34. The van der Waals surface area contributed by atoms with E-state index < -0.39 is 0 Å². The number of hydrogen-bond acceptors (Lipinski definition) is 3. The zero-order chi connectivity index (χ0) is 21.8. The molecule has 0 radical (unpaired) electrons. The van der Waals surface area contributed by atoms with Gasteiger partial charge in [-0.15, -0.1) is 11.8 Å². The van der Waals surface area contributed by atoms with E-state index in [1.54, 1.807) is 11.8 Å². The van der Waals surface area contributed by atoms with Crippen molar-refractivity contribution in [2.24, 2.45) is 5.92 Å². The van der Waals surface area contributed by atoms with Crippen LogP contribution in [-0.2, 0) is 9.59 Å². The SMILES string of the molecule is CC(C)c1ccc(N2C(=O)CS[C@@H]2c2cccc(NC(=O)CCC3CCCC3)c2)cc1. The van der Waals surface area contributed by atoms with Crippen LogP contribution in [0, 0.1) is 5.92 Å². The monoisotopic (exact) mass is 436 g/mol. The van der Waals surface area contributed by atoms with Gasteiger partial charge in [-0.3, -0.25) is 14.5 Å². The van der Waals surface area contributed by atoms with Crippen LogP contribution in [0.4, 0.5) is 11.4 Å². The third-order valence-electron chi connectivity index (χ3n) is 6.42. The van der Waals surface area contributed by atoms with E-state index in [4.69, 9.17) is 0 Å². The molecule has 1 atom stereocenters. The number of carbonyl (C=O) groups is 2. The Morgan fingerprint density at radius 2 is 1.87 bits per heavy atom. The van der Waals surface area contributed by atoms with Crippen LogP contribution >= 0.6 is 11.8 Å². The van der Waals surface area contributed by atoms with Gasteiger partial charge in [0.15, 0.2) is 0 Å². The molecule has 2 aromatic carbocycles. The fourth-order valence-electron chi connectivity index (χ4n) is 4.60. The minimum absolute atomic E-state index is 0.0762. The number of amides is 2. The maximum absolute atomic E-state index is 12.7. The molecule has 2 fully saturated rings. The summed E-state index contributed by atoms with van der Waals surface area (Å²) < 4.78 is 0. The summed E-state index contributed by atoms with van der Waals surface area (Å²) in [5.74, 6) is 1.85. The Bertz CT molecular complexity index is 919. The number of hydrogen-bond donors (Lipinski definition) is 1. The zero-order valence-corrected chi connectivity index (χ0v) is 19.3. The zero-order valence-electron chi connectivity index (χ0n) is 18.5. The van der Waals surface area contributed by atoms with E-state index in [0.717, 1.165) is 23.4 Å². The highest BCUT2D eigenvalue weighted by molar-refractivity contribution is 8.00. The second kappa shape index (κ2) is 9.90. The van der Waals surface area contributed by atoms with Crippen LogP contribution in [0.15, 0.2) is 48.5 Å². The van der Waals surface area contributed by atoms with Crippen molar-refractivity contribution in [3.8, 4) is 0 Å². The lowest BCUT2D eigenvalue weighted by atomic mass is 10.0. The van der Waals surface area contributed by atoms with Gasteiger partial charge in [0.1, 0.15) is 5.37 Å². The molecule has 2 amide bonds. The smallest absolute Gasteiger partial charge is 0.238 e. The van der Waals surface area contributed by atoms with Gasteiger partial charge >= 0.3 is 0 Å². The Morgan fingerprint density at radius 3 is 2.58 bits per heavy atom. The van der Waals surface area contributed by atoms with E-state index >= 15 is 0 Å². The number of benzene rings is 2. The average Bonchev–Trinajstić information content (AvgIpc) is 3.42. The van der Waals surface area contributed by atoms with Crippen LogP contribution in [0.3, 0.4) is 0 Å². The first-order valence-corrected chi connectivity index (χ1v) is 12.5. The highest BCUT2D eigenvalue weighted by Crippen LogP contribution is 2.42. The van der Waals surface area contributed by atoms with E-state index in [-0.39, 0.29) is 17.2 Å². The average molecular weight is 437 g/mol. The topological polar surface area (TPSA) is 49.4 Å². The lowest BCUT2D eigenvalue weighted by molar-refractivity contribution is -0.117. The molecule has 4 nitrogen and oxygen atoms in total. The molecule has 0 spiro atoms. The Hall–Kier alpha value is -2.27. The van der Waals surface area contributed by atoms with E-state index in [2.05, 4.69) is 31.3 Å². The van der Waals surface area contributed by atoms with Gasteiger partial charge in [0.2, 0.25) is 11.8 Å². The van der Waals surface area contributed by atoms with Gasteiger partial charge < -0.3 is 5.32 Å². The molecule has 1 N–H and O–H groups in total. The van der Waals surface area contributed by atoms with Crippen LogP contribution in [-0.4, -0.2) is 17.6 Å². The number of nitrogens with zero attached hydrogens (tertiary/aromatic N) is 1. The summed E-state index contributed by atoms with van der Waals surface area (Å²) in [7, 11) is 0. The number of nitrogens with one attached hydrogen (secondary N) is 1. The summed E-state index contributed by atoms with van der Waals surface area (Å²) in [5.41, 5.74) is 4.04. The predicted octanol–water partition coefficient (Wildman–Crippen LogP) is 6.50. The molecule has 0 bridgehead atoms. The van der Waals surface area contributed by atoms with Crippen LogP contribution in [0.1, 0.15) is 74.8 Å². The van der Waals surface area contributed by atoms with Crippen LogP contribution in [0.25, 0.3) is 0 Å². The van der Waals surface area contributed by atoms with Gasteiger partial charge in [0.25, 0.3) is 0 Å². The van der Waals surface area contributed by atoms with Gasteiger partial charge in [-0.1, -0.05) is 63.8 Å². The van der Waals surface area contributed by atoms with Crippen molar-refractivity contribution in [3.05, 3.63) is 59.7 Å². The van der Waals surface area contributed by atoms with Gasteiger partial charge in [-0.05, 0) is 53.6 Å². The largest absolute Gasteiger partial charge is 0.326 e. The Morgan fingerprint density at radius 1 is 1.13 bits per heavy atom. The number of rotatable bonds is 7. The Kier molecular flexibility index (Phi) is 7.01. The first-order valence-electron chi connectivity index (χ1n) is 11.4. The summed E-state index contributed by atoms with van der Waals surface area (Å²) in [4.78, 5) is 27.0. The fraction of sp³-hybridized carbons (Fsp3) is 0.462. The summed E-state index contributed by atoms with van der Waals surface area (Å²) in [6.07, 6.45) is 6.72. The van der Waals surface area contributed by atoms with Crippen molar-refractivity contribution < 1.29 is 9.59 Å². The van der Waals surface area contributed by atoms with Gasteiger partial charge in [-0.2, -0.15) is 0 Å². The number of anilines is 2. The second-order valence-electron chi connectivity index (χ2n) is 9.04. The van der Waals surface area contributed by atoms with Crippen LogP contribution in [0.5, 0.6) is 0 Å². The van der Waals surface area contributed by atoms with Crippen molar-refractivity contribution in [1.29, 1.82) is 0 Å². The minimum Gasteiger partial charge on any atom is -0.326 e. The lowest BCUT2D eigenvalue weighted by Crippen LogP contribution is -2.27. The van der Waals surface area contributed by atoms with E-state index in [1.165, 1.54) is 31.2 Å². The molecular weight excluding hydrogens is 404 g/mol. The van der Waals surface area contributed by atoms with Crippen molar-refractivity contribution in [1.82, 2.24) is 0 Å². The Balaban J connectivity index is 1.45. The molecule has 2 aliphatic rings. The lowest BCUT2D eigenvalue weighted by Gasteiger charge is -2.25. The molecule has 1 saturated heterocycles. The van der Waals surface area contributed by atoms with E-state index in [1.807, 2.05) is 41.3 Å². The molecular formula is C26H32N2O2S. The molecule has 1 aliphatic heterocycles. The van der Waals surface area contributed by atoms with Crippen molar-refractivity contribution in [2.45, 2.75) is 63.7 Å². The number of carbonyl (C=O) groups excluding carboxylic acids is 2. The summed E-state index contributed by atoms with van der Waals surface area (Å²) in [5, 5.41) is 2.99. The van der Waals surface area contributed by atoms with E-state index in [9.17, 15) is 9.59 Å². The van der Waals surface area contributed by atoms with Crippen molar-refractivity contribution in [2.75, 3.05) is 16.0 Å². The molecule has 4 rings (SSSR count). The summed E-state index contributed by atoms with van der Waals surface area (Å²) in [6, 6.07) is 16.2. The molecule has 2 aromatic rings. The van der Waals surface area contributed by atoms with Crippen LogP contribution < -0.4 is 10.2 Å². The minimum atomic E-state index is -0.0762. The number of thioether (sulfide) groups is 1. The molecule has 0 aromatic heterocycles. The van der Waals surface area contributed by atoms with Gasteiger partial charge in [-0.25, -0.2) is 0 Å². The molecule has 1 saturated carbocycles. The maximum atomic E-state index is 12.7.